The summed E-state index contributed by atoms with van der Waals surface area (Å²) in [5.74, 6) is 0.671. The molecule has 0 radical (unpaired) electrons. The lowest BCUT2D eigenvalue weighted by molar-refractivity contribution is -0.108. The van der Waals surface area contributed by atoms with E-state index in [-0.39, 0.29) is 5.82 Å². The van der Waals surface area contributed by atoms with E-state index in [1.54, 1.807) is 31.9 Å². The van der Waals surface area contributed by atoms with Gasteiger partial charge in [0.25, 0.3) is 11.7 Å². The number of carbonyl (C=O) groups is 3. The number of benzene rings is 3. The van der Waals surface area contributed by atoms with Crippen molar-refractivity contribution in [2.45, 2.75) is 65.3 Å². The number of rotatable bonds is 14. The Kier molecular flexibility index (Phi) is 12.4. The number of hydrogen-bond donors (Lipinski definition) is 2. The summed E-state index contributed by atoms with van der Waals surface area (Å²) in [6.45, 7) is 16.2. The lowest BCUT2D eigenvalue weighted by Gasteiger charge is -2.40. The SMILES string of the molecule is COc1cc2c(cc1N1CCN(CC3CCN(c4ccc(N(C=O)CCC=O)cc4)CC3)CC1)[nH]c1ncnc(-c3ccc([C@@H](C)NC(=O)c4noc(C(C)(C)C)n4)c(C)c3F)c12. The van der Waals surface area contributed by atoms with Crippen LogP contribution in [0.1, 0.15) is 80.6 Å². The van der Waals surface area contributed by atoms with E-state index in [0.717, 1.165) is 105 Å². The first kappa shape index (κ1) is 43.2. The van der Waals surface area contributed by atoms with Crippen molar-refractivity contribution >= 4 is 57.6 Å². The van der Waals surface area contributed by atoms with Gasteiger partial charge in [-0.2, -0.15) is 4.98 Å². The van der Waals surface area contributed by atoms with Crippen LogP contribution in [0.25, 0.3) is 33.2 Å². The summed E-state index contributed by atoms with van der Waals surface area (Å²) in [5, 5.41) is 8.24. The number of H-pyrrole nitrogens is 1. The van der Waals surface area contributed by atoms with Crippen LogP contribution < -0.4 is 24.8 Å². The number of aromatic amines is 1. The second-order valence-corrected chi connectivity index (χ2v) is 17.6. The smallest absolute Gasteiger partial charge is 0.293 e. The van der Waals surface area contributed by atoms with Crippen LogP contribution in [0.4, 0.5) is 21.5 Å². The van der Waals surface area contributed by atoms with E-state index in [2.05, 4.69) is 63.3 Å². The van der Waals surface area contributed by atoms with Crippen molar-refractivity contribution < 1.29 is 28.0 Å². The third-order valence-corrected chi connectivity index (χ3v) is 12.5. The van der Waals surface area contributed by atoms with E-state index in [1.807, 2.05) is 45.0 Å². The molecule has 330 valence electrons. The molecule has 2 aliphatic rings. The maximum Gasteiger partial charge on any atom is 0.293 e. The zero-order valence-electron chi connectivity index (χ0n) is 36.8. The van der Waals surface area contributed by atoms with Gasteiger partial charge in [-0.3, -0.25) is 14.5 Å². The van der Waals surface area contributed by atoms with E-state index in [0.29, 0.717) is 58.2 Å². The third kappa shape index (κ3) is 8.94. The quantitative estimate of drug-likeness (QED) is 0.108. The Morgan fingerprint density at radius 1 is 1.03 bits per heavy atom. The molecule has 16 heteroatoms. The Hall–Kier alpha value is -6.42. The number of carbonyl (C=O) groups excluding carboxylic acids is 3. The van der Waals surface area contributed by atoms with Gasteiger partial charge in [-0.15, -0.1) is 0 Å². The second kappa shape index (κ2) is 18.1. The fourth-order valence-corrected chi connectivity index (χ4v) is 8.87. The molecule has 0 saturated carbocycles. The molecular formula is C47H55FN10O5. The average molecular weight is 859 g/mol. The van der Waals surface area contributed by atoms with Crippen molar-refractivity contribution in [1.82, 2.24) is 35.3 Å². The van der Waals surface area contributed by atoms with Gasteiger partial charge in [0.05, 0.1) is 35.4 Å². The Balaban J connectivity index is 0.919. The van der Waals surface area contributed by atoms with Gasteiger partial charge in [0, 0.05) is 86.5 Å². The first-order chi connectivity index (χ1) is 30.4. The van der Waals surface area contributed by atoms with Gasteiger partial charge in [-0.25, -0.2) is 14.4 Å². The van der Waals surface area contributed by atoms with Crippen molar-refractivity contribution in [2.75, 3.05) is 74.2 Å². The van der Waals surface area contributed by atoms with Gasteiger partial charge >= 0.3 is 0 Å². The van der Waals surface area contributed by atoms with Crippen LogP contribution in [0, 0.1) is 18.7 Å². The Labute approximate surface area is 366 Å². The van der Waals surface area contributed by atoms with Crippen LogP contribution in [-0.2, 0) is 15.0 Å². The molecule has 2 amide bonds. The van der Waals surface area contributed by atoms with Gasteiger partial charge in [-0.1, -0.05) is 32.0 Å². The number of aldehydes is 1. The number of piperidine rings is 1. The highest BCUT2D eigenvalue weighted by Gasteiger charge is 2.29. The maximum atomic E-state index is 16.5. The summed E-state index contributed by atoms with van der Waals surface area (Å²) in [6, 6.07) is 15.1. The van der Waals surface area contributed by atoms with Crippen LogP contribution in [0.5, 0.6) is 5.75 Å². The number of fused-ring (bicyclic) bond motifs is 3. The normalized spacial score (nSPS) is 15.8. The number of methoxy groups -OCH3 is 1. The molecular weight excluding hydrogens is 804 g/mol. The minimum atomic E-state index is -0.542. The predicted molar refractivity (Wildman–Crippen MR) is 241 cm³/mol. The topological polar surface area (TPSA) is 166 Å². The summed E-state index contributed by atoms with van der Waals surface area (Å²) >= 11 is 0. The van der Waals surface area contributed by atoms with Crippen LogP contribution in [-0.4, -0.2) is 108 Å². The zero-order valence-corrected chi connectivity index (χ0v) is 36.8. The minimum Gasteiger partial charge on any atom is -0.495 e. The monoisotopic (exact) mass is 858 g/mol. The Morgan fingerprint density at radius 2 is 1.78 bits per heavy atom. The van der Waals surface area contributed by atoms with Gasteiger partial charge in [-0.05, 0) is 86.2 Å². The van der Waals surface area contributed by atoms with Crippen molar-refractivity contribution in [3.05, 3.63) is 83.5 Å². The minimum absolute atomic E-state index is 0.0753. The first-order valence-electron chi connectivity index (χ1n) is 21.6. The van der Waals surface area contributed by atoms with Crippen molar-refractivity contribution in [3.8, 4) is 17.0 Å². The van der Waals surface area contributed by atoms with Crippen molar-refractivity contribution in [3.63, 3.8) is 0 Å². The summed E-state index contributed by atoms with van der Waals surface area (Å²) < 4.78 is 27.7. The number of nitrogens with zero attached hydrogens (tertiary/aromatic N) is 8. The van der Waals surface area contributed by atoms with Crippen LogP contribution in [0.15, 0.2) is 59.4 Å². The fourth-order valence-electron chi connectivity index (χ4n) is 8.87. The zero-order chi connectivity index (χ0) is 44.4. The lowest BCUT2D eigenvalue weighted by atomic mass is 9.95. The van der Waals surface area contributed by atoms with E-state index in [4.69, 9.17) is 9.26 Å². The molecule has 0 spiro atoms. The third-order valence-electron chi connectivity index (χ3n) is 12.5. The van der Waals surface area contributed by atoms with E-state index >= 15 is 4.39 Å². The molecule has 0 unspecified atom stereocenters. The molecule has 1 atom stereocenters. The Morgan fingerprint density at radius 3 is 2.44 bits per heavy atom. The molecule has 6 aromatic rings. The molecule has 15 nitrogen and oxygen atoms in total. The summed E-state index contributed by atoms with van der Waals surface area (Å²) in [4.78, 5) is 61.1. The summed E-state index contributed by atoms with van der Waals surface area (Å²) in [7, 11) is 1.67. The number of hydrogen-bond acceptors (Lipinski definition) is 12. The number of halogens is 1. The largest absolute Gasteiger partial charge is 0.495 e. The molecule has 2 saturated heterocycles. The number of amides is 2. The molecule has 63 heavy (non-hydrogen) atoms. The van der Waals surface area contributed by atoms with Crippen LogP contribution in [0.3, 0.4) is 0 Å². The molecule has 0 aliphatic carbocycles. The molecule has 2 aliphatic heterocycles. The molecule has 2 N–H and O–H groups in total. The van der Waals surface area contributed by atoms with Gasteiger partial charge in [0.1, 0.15) is 29.8 Å². The van der Waals surface area contributed by atoms with Gasteiger partial charge in [0.15, 0.2) is 0 Å². The lowest BCUT2D eigenvalue weighted by Crippen LogP contribution is -2.49. The van der Waals surface area contributed by atoms with E-state index < -0.39 is 23.2 Å². The van der Waals surface area contributed by atoms with Crippen LogP contribution >= 0.6 is 0 Å². The number of nitrogens with one attached hydrogen (secondary N) is 2. The van der Waals surface area contributed by atoms with Crippen molar-refractivity contribution in [2.24, 2.45) is 5.92 Å². The second-order valence-electron chi connectivity index (χ2n) is 17.6. The molecule has 0 bridgehead atoms. The van der Waals surface area contributed by atoms with Gasteiger partial charge < -0.3 is 39.1 Å². The molecule has 3 aromatic carbocycles. The highest BCUT2D eigenvalue weighted by Crippen LogP contribution is 2.41. The summed E-state index contributed by atoms with van der Waals surface area (Å²) in [6.07, 6.45) is 5.59. The van der Waals surface area contributed by atoms with E-state index in [9.17, 15) is 14.4 Å². The molecule has 3 aromatic heterocycles. The number of anilines is 3. The highest BCUT2D eigenvalue weighted by molar-refractivity contribution is 6.13. The Bertz CT molecular complexity index is 2610. The fraction of sp³-hybridized carbons (Fsp3) is 0.426. The average Bonchev–Trinajstić information content (AvgIpc) is 3.94. The summed E-state index contributed by atoms with van der Waals surface area (Å²) in [5.41, 5.74) is 5.76. The number of ether oxygens (including phenoxy) is 1. The predicted octanol–water partition coefficient (Wildman–Crippen LogP) is 7.00. The molecule has 5 heterocycles. The standard InChI is InChI=1S/C47H55FN10O5/c1-29-34(30(2)51-45(61)44-53-46(63-54-44)47(3,4)5)12-13-35(41(29)48)42-40-36-24-39(62-6)38(25-37(36)52-43(40)50-27-49-42)57-21-19-55(20-22-57)26-31-14-17-56(18-15-31)32-8-10-33(11-9-32)58(28-60)16-7-23-59/h8-13,23-25,27-28,30-31H,7,14-22,26H2,1-6H3,(H,51,61)(H,49,50,52)/t30-/m1/s1. The van der Waals surface area contributed by atoms with Crippen molar-refractivity contribution in [1.29, 1.82) is 0 Å². The highest BCUT2D eigenvalue weighted by atomic mass is 19.1. The van der Waals surface area contributed by atoms with Crippen LogP contribution in [0.2, 0.25) is 0 Å². The molecule has 8 rings (SSSR count). The molecule has 2 fully saturated rings. The number of aromatic nitrogens is 5. The number of piperazine rings is 1. The van der Waals surface area contributed by atoms with E-state index in [1.165, 1.54) is 6.33 Å². The first-order valence-corrected chi connectivity index (χ1v) is 21.6. The maximum absolute atomic E-state index is 16.5. The van der Waals surface area contributed by atoms with Gasteiger partial charge in [0.2, 0.25) is 12.3 Å².